The van der Waals surface area contributed by atoms with E-state index in [2.05, 4.69) is 30.8 Å². The third-order valence-electron chi connectivity index (χ3n) is 2.13. The maximum Gasteiger partial charge on any atom is 0.102 e. The number of rotatable bonds is 3. The summed E-state index contributed by atoms with van der Waals surface area (Å²) in [7, 11) is 0. The van der Waals surface area contributed by atoms with Gasteiger partial charge in [0, 0.05) is 6.42 Å². The van der Waals surface area contributed by atoms with E-state index >= 15 is 0 Å². The van der Waals surface area contributed by atoms with Crippen LogP contribution in [0.15, 0.2) is 43.0 Å². The van der Waals surface area contributed by atoms with Gasteiger partial charge in [-0.25, -0.2) is 0 Å². The Balaban J connectivity index is 1.93. The Bertz CT molecular complexity index is 266. The van der Waals surface area contributed by atoms with Crippen molar-refractivity contribution >= 4 is 0 Å². The monoisotopic (exact) mass is 160 g/mol. The number of ether oxygens (including phenoxy) is 1. The van der Waals surface area contributed by atoms with Crippen molar-refractivity contribution in [3.05, 3.63) is 48.6 Å². The fraction of sp³-hybridized carbons (Fsp3) is 0.273. The molecule has 1 aromatic rings. The highest BCUT2D eigenvalue weighted by Crippen LogP contribution is 2.26. The van der Waals surface area contributed by atoms with Gasteiger partial charge in [-0.05, 0) is 5.56 Å². The second-order valence-electron chi connectivity index (χ2n) is 3.06. The molecule has 0 aromatic heterocycles. The highest BCUT2D eigenvalue weighted by Gasteiger charge is 2.35. The molecule has 2 atom stereocenters. The van der Waals surface area contributed by atoms with Crippen LogP contribution in [0.3, 0.4) is 0 Å². The molecule has 0 unspecified atom stereocenters. The van der Waals surface area contributed by atoms with E-state index in [-0.39, 0.29) is 0 Å². The van der Waals surface area contributed by atoms with Crippen LogP contribution in [-0.4, -0.2) is 12.2 Å². The molecular formula is C11H12O. The van der Waals surface area contributed by atoms with E-state index in [1.165, 1.54) is 5.56 Å². The molecule has 0 saturated carbocycles. The molecule has 1 fully saturated rings. The van der Waals surface area contributed by atoms with Gasteiger partial charge in [-0.15, -0.1) is 6.58 Å². The summed E-state index contributed by atoms with van der Waals surface area (Å²) >= 11 is 0. The van der Waals surface area contributed by atoms with Crippen molar-refractivity contribution in [1.82, 2.24) is 0 Å². The van der Waals surface area contributed by atoms with Crippen LogP contribution in [0, 0.1) is 0 Å². The van der Waals surface area contributed by atoms with Crippen molar-refractivity contribution in [3.8, 4) is 0 Å². The smallest absolute Gasteiger partial charge is 0.102 e. The zero-order chi connectivity index (χ0) is 8.39. The minimum atomic E-state index is 0.296. The summed E-state index contributed by atoms with van der Waals surface area (Å²) in [6.45, 7) is 3.69. The lowest BCUT2D eigenvalue weighted by atomic mass is 10.1. The average molecular weight is 160 g/mol. The number of epoxide rings is 1. The Hall–Kier alpha value is -1.08. The van der Waals surface area contributed by atoms with E-state index in [1.54, 1.807) is 0 Å². The zero-order valence-electron chi connectivity index (χ0n) is 6.94. The van der Waals surface area contributed by atoms with Gasteiger partial charge in [0.2, 0.25) is 0 Å². The molecule has 1 heterocycles. The van der Waals surface area contributed by atoms with Crippen molar-refractivity contribution in [2.24, 2.45) is 0 Å². The van der Waals surface area contributed by atoms with E-state index in [4.69, 9.17) is 4.74 Å². The second-order valence-corrected chi connectivity index (χ2v) is 3.06. The molecule has 12 heavy (non-hydrogen) atoms. The predicted octanol–water partition coefficient (Wildman–Crippen LogP) is 2.18. The first-order valence-electron chi connectivity index (χ1n) is 4.22. The Morgan fingerprint density at radius 3 is 2.67 bits per heavy atom. The van der Waals surface area contributed by atoms with Crippen molar-refractivity contribution in [2.45, 2.75) is 18.6 Å². The number of hydrogen-bond acceptors (Lipinski definition) is 1. The van der Waals surface area contributed by atoms with Crippen LogP contribution < -0.4 is 0 Å². The van der Waals surface area contributed by atoms with Crippen LogP contribution in [0.2, 0.25) is 0 Å². The first-order chi connectivity index (χ1) is 5.90. The summed E-state index contributed by atoms with van der Waals surface area (Å²) in [5, 5.41) is 0. The number of hydrogen-bond donors (Lipinski definition) is 0. The molecule has 0 amide bonds. The van der Waals surface area contributed by atoms with Crippen LogP contribution >= 0.6 is 0 Å². The van der Waals surface area contributed by atoms with Crippen molar-refractivity contribution in [1.29, 1.82) is 0 Å². The van der Waals surface area contributed by atoms with Crippen LogP contribution in [-0.2, 0) is 11.2 Å². The van der Waals surface area contributed by atoms with Gasteiger partial charge in [0.05, 0.1) is 6.10 Å². The first-order valence-corrected chi connectivity index (χ1v) is 4.22. The lowest BCUT2D eigenvalue weighted by Gasteiger charge is -1.94. The fourth-order valence-electron chi connectivity index (χ4n) is 1.37. The van der Waals surface area contributed by atoms with Gasteiger partial charge in [-0.3, -0.25) is 0 Å². The number of benzene rings is 1. The molecule has 1 saturated heterocycles. The Morgan fingerprint density at radius 2 is 2.08 bits per heavy atom. The zero-order valence-corrected chi connectivity index (χ0v) is 6.94. The molecule has 0 spiro atoms. The van der Waals surface area contributed by atoms with Crippen molar-refractivity contribution < 1.29 is 4.74 Å². The second kappa shape index (κ2) is 3.11. The fourth-order valence-corrected chi connectivity index (χ4v) is 1.37. The van der Waals surface area contributed by atoms with Gasteiger partial charge in [-0.2, -0.15) is 0 Å². The van der Waals surface area contributed by atoms with Crippen molar-refractivity contribution in [3.63, 3.8) is 0 Å². The van der Waals surface area contributed by atoms with Gasteiger partial charge in [-0.1, -0.05) is 36.4 Å². The van der Waals surface area contributed by atoms with Gasteiger partial charge < -0.3 is 4.74 Å². The minimum Gasteiger partial charge on any atom is -0.365 e. The van der Waals surface area contributed by atoms with Crippen molar-refractivity contribution in [2.75, 3.05) is 0 Å². The minimum absolute atomic E-state index is 0.296. The van der Waals surface area contributed by atoms with Gasteiger partial charge in [0.15, 0.2) is 0 Å². The Labute approximate surface area is 72.7 Å². The molecule has 1 aliphatic heterocycles. The molecule has 0 N–H and O–H groups in total. The van der Waals surface area contributed by atoms with E-state index < -0.39 is 0 Å². The molecular weight excluding hydrogens is 148 g/mol. The molecule has 1 nitrogen and oxygen atoms in total. The van der Waals surface area contributed by atoms with E-state index in [1.807, 2.05) is 12.1 Å². The molecule has 2 rings (SSSR count). The summed E-state index contributed by atoms with van der Waals surface area (Å²) in [5.41, 5.74) is 1.34. The molecule has 1 aromatic carbocycles. The van der Waals surface area contributed by atoms with E-state index in [0.29, 0.717) is 12.2 Å². The maximum atomic E-state index is 5.35. The lowest BCUT2D eigenvalue weighted by molar-refractivity contribution is 0.388. The van der Waals surface area contributed by atoms with Crippen LogP contribution in [0.4, 0.5) is 0 Å². The molecule has 62 valence electrons. The first kappa shape index (κ1) is 7.56. The van der Waals surface area contributed by atoms with E-state index in [9.17, 15) is 0 Å². The third kappa shape index (κ3) is 1.56. The van der Waals surface area contributed by atoms with Crippen LogP contribution in [0.5, 0.6) is 0 Å². The van der Waals surface area contributed by atoms with Gasteiger partial charge in [0.1, 0.15) is 6.10 Å². The highest BCUT2D eigenvalue weighted by molar-refractivity contribution is 5.18. The summed E-state index contributed by atoms with van der Waals surface area (Å²) < 4.78 is 5.35. The highest BCUT2D eigenvalue weighted by atomic mass is 16.6. The SMILES string of the molecule is C=C[C@@H]1O[C@@H]1Cc1ccccc1. The van der Waals surface area contributed by atoms with Crippen LogP contribution in [0.25, 0.3) is 0 Å². The normalized spacial score (nSPS) is 26.7. The topological polar surface area (TPSA) is 12.5 Å². The van der Waals surface area contributed by atoms with Gasteiger partial charge in [0.25, 0.3) is 0 Å². The molecule has 0 radical (unpaired) electrons. The Morgan fingerprint density at radius 1 is 1.33 bits per heavy atom. The molecule has 1 heteroatoms. The molecule has 0 aliphatic carbocycles. The molecule has 0 bridgehead atoms. The quantitative estimate of drug-likeness (QED) is 0.487. The predicted molar refractivity (Wildman–Crippen MR) is 49.0 cm³/mol. The van der Waals surface area contributed by atoms with Gasteiger partial charge >= 0.3 is 0 Å². The standard InChI is InChI=1S/C11H12O/c1-2-10-11(12-10)8-9-6-4-3-5-7-9/h2-7,10-11H,1,8H2/t10-,11+/m0/s1. The third-order valence-corrected chi connectivity index (χ3v) is 2.13. The summed E-state index contributed by atoms with van der Waals surface area (Å²) in [4.78, 5) is 0. The van der Waals surface area contributed by atoms with Crippen LogP contribution in [0.1, 0.15) is 5.56 Å². The summed E-state index contributed by atoms with van der Waals surface area (Å²) in [5.74, 6) is 0. The van der Waals surface area contributed by atoms with E-state index in [0.717, 1.165) is 6.42 Å². The largest absolute Gasteiger partial charge is 0.365 e. The Kier molecular flexibility index (Phi) is 1.96. The lowest BCUT2D eigenvalue weighted by Crippen LogP contribution is -1.95. The average Bonchev–Trinajstić information content (AvgIpc) is 2.85. The summed E-state index contributed by atoms with van der Waals surface area (Å²) in [6, 6.07) is 10.4. The molecule has 1 aliphatic rings. The summed E-state index contributed by atoms with van der Waals surface area (Å²) in [6.07, 6.45) is 3.56. The maximum absolute atomic E-state index is 5.35.